The summed E-state index contributed by atoms with van der Waals surface area (Å²) in [5.74, 6) is 0. The van der Waals surface area contributed by atoms with E-state index in [4.69, 9.17) is 17.7 Å². The van der Waals surface area contributed by atoms with Crippen LogP contribution in [0.1, 0.15) is 61.6 Å². The Kier molecular flexibility index (Phi) is 8.10. The van der Waals surface area contributed by atoms with E-state index < -0.39 is 52.8 Å². The van der Waals surface area contributed by atoms with Crippen LogP contribution in [0, 0.1) is 0 Å². The van der Waals surface area contributed by atoms with Crippen molar-refractivity contribution in [3.63, 3.8) is 0 Å². The van der Waals surface area contributed by atoms with E-state index in [9.17, 15) is 14.4 Å². The van der Waals surface area contributed by atoms with E-state index in [1.807, 2.05) is 0 Å². The number of aromatic amines is 1. The Labute approximate surface area is 202 Å². The van der Waals surface area contributed by atoms with E-state index in [1.54, 1.807) is 0 Å². The molecule has 1 aromatic heterocycles. The second-order valence-electron chi connectivity index (χ2n) is 10.4. The van der Waals surface area contributed by atoms with Gasteiger partial charge in [-0.2, -0.15) is 0 Å². The molecule has 2 aliphatic heterocycles. The van der Waals surface area contributed by atoms with Gasteiger partial charge in [-0.3, -0.25) is 19.1 Å². The average molecular weight is 514 g/mol. The molecule has 0 unspecified atom stereocenters. The van der Waals surface area contributed by atoms with E-state index in [0.717, 1.165) is 0 Å². The summed E-state index contributed by atoms with van der Waals surface area (Å²) >= 11 is 0. The van der Waals surface area contributed by atoms with Gasteiger partial charge in [0.1, 0.15) is 18.2 Å². The summed E-state index contributed by atoms with van der Waals surface area (Å²) < 4.78 is 28.5. The highest BCUT2D eigenvalue weighted by atomic mass is 28.5. The molecule has 0 bridgehead atoms. The SMILES string of the molecule is CC(C)[Si]1(C(C)C)OC[C@H]2O[C@@H](n3ccc(=O)[nH]c3=O)[C@@H](NC=O)[C@@H]2O[Si](C(C)C)(C(C)C)O1. The molecule has 10 nitrogen and oxygen atoms in total. The summed E-state index contributed by atoms with van der Waals surface area (Å²) in [4.78, 5) is 38.0. The lowest BCUT2D eigenvalue weighted by molar-refractivity contribution is -0.111. The molecule has 192 valence electrons. The molecular weight excluding hydrogens is 474 g/mol. The molecule has 2 aliphatic rings. The monoisotopic (exact) mass is 513 g/mol. The summed E-state index contributed by atoms with van der Waals surface area (Å²) in [6.45, 7) is 17.2. The van der Waals surface area contributed by atoms with Crippen molar-refractivity contribution in [2.24, 2.45) is 0 Å². The number of H-pyrrole nitrogens is 1. The quantitative estimate of drug-likeness (QED) is 0.424. The minimum absolute atomic E-state index is 0.103. The minimum Gasteiger partial charge on any atom is -0.414 e. The zero-order valence-electron chi connectivity index (χ0n) is 21.4. The number of hydrogen-bond donors (Lipinski definition) is 2. The zero-order chi connectivity index (χ0) is 25.4. The summed E-state index contributed by atoms with van der Waals surface area (Å²) in [6.07, 6.45) is -0.0279. The van der Waals surface area contributed by atoms with Crippen LogP contribution in [0.4, 0.5) is 0 Å². The van der Waals surface area contributed by atoms with Crippen LogP contribution in [0.25, 0.3) is 0 Å². The Balaban J connectivity index is 2.14. The summed E-state index contributed by atoms with van der Waals surface area (Å²) in [5.41, 5.74) is -0.559. The van der Waals surface area contributed by atoms with Gasteiger partial charge in [-0.25, -0.2) is 4.79 Å². The first-order valence-corrected chi connectivity index (χ1v) is 16.0. The normalized spacial score (nSPS) is 28.7. The van der Waals surface area contributed by atoms with Crippen LogP contribution >= 0.6 is 0 Å². The van der Waals surface area contributed by atoms with Crippen molar-refractivity contribution in [1.29, 1.82) is 0 Å². The fourth-order valence-corrected chi connectivity index (χ4v) is 16.5. The highest BCUT2D eigenvalue weighted by Gasteiger charge is 2.61. The summed E-state index contributed by atoms with van der Waals surface area (Å²) in [5, 5.41) is 2.80. The highest BCUT2D eigenvalue weighted by molar-refractivity contribution is 6.84. The molecule has 0 saturated carbocycles. The largest absolute Gasteiger partial charge is 0.414 e. The van der Waals surface area contributed by atoms with Crippen molar-refractivity contribution >= 4 is 23.5 Å². The Bertz CT molecular complexity index is 962. The van der Waals surface area contributed by atoms with Gasteiger partial charge in [0, 0.05) is 12.3 Å². The van der Waals surface area contributed by atoms with E-state index in [0.29, 0.717) is 6.41 Å². The second-order valence-corrected chi connectivity index (χ2v) is 19.3. The molecule has 4 atom stereocenters. The maximum Gasteiger partial charge on any atom is 0.335 e. The Morgan fingerprint density at radius 1 is 1.03 bits per heavy atom. The van der Waals surface area contributed by atoms with Crippen molar-refractivity contribution in [1.82, 2.24) is 14.9 Å². The van der Waals surface area contributed by atoms with Gasteiger partial charge in [-0.1, -0.05) is 55.4 Å². The number of aromatic nitrogens is 2. The predicted octanol–water partition coefficient (Wildman–Crippen LogP) is 2.50. The Morgan fingerprint density at radius 3 is 2.12 bits per heavy atom. The lowest BCUT2D eigenvalue weighted by atomic mass is 10.1. The number of fused-ring (bicyclic) bond motifs is 1. The molecule has 0 radical (unpaired) electrons. The second kappa shape index (κ2) is 10.2. The van der Waals surface area contributed by atoms with Crippen molar-refractivity contribution in [3.8, 4) is 0 Å². The third-order valence-electron chi connectivity index (χ3n) is 7.06. The Morgan fingerprint density at radius 2 is 1.62 bits per heavy atom. The number of nitrogens with zero attached hydrogens (tertiary/aromatic N) is 1. The number of hydrogen-bond acceptors (Lipinski definition) is 7. The first-order valence-electron chi connectivity index (χ1n) is 12.1. The Hall–Kier alpha value is -1.58. The summed E-state index contributed by atoms with van der Waals surface area (Å²) in [6, 6.07) is 0.579. The molecular formula is C22H39N3O7Si2. The van der Waals surface area contributed by atoms with E-state index in [1.165, 1.54) is 16.8 Å². The van der Waals surface area contributed by atoms with Gasteiger partial charge in [0.2, 0.25) is 6.41 Å². The third-order valence-corrected chi connectivity index (χ3v) is 17.3. The molecule has 0 aromatic carbocycles. The van der Waals surface area contributed by atoms with Crippen LogP contribution in [0.2, 0.25) is 22.2 Å². The lowest BCUT2D eigenvalue weighted by Crippen LogP contribution is -2.66. The molecule has 0 spiro atoms. The van der Waals surface area contributed by atoms with Crippen molar-refractivity contribution < 1.29 is 22.5 Å². The lowest BCUT2D eigenvalue weighted by Gasteiger charge is -2.51. The maximum absolute atomic E-state index is 12.6. The fraction of sp³-hybridized carbons (Fsp3) is 0.773. The first kappa shape index (κ1) is 27.0. The van der Waals surface area contributed by atoms with Crippen LogP contribution < -0.4 is 16.6 Å². The average Bonchev–Trinajstić information content (AvgIpc) is 3.04. The molecule has 3 rings (SSSR count). The smallest absolute Gasteiger partial charge is 0.335 e. The fourth-order valence-electron chi connectivity index (χ4n) is 5.28. The van der Waals surface area contributed by atoms with Gasteiger partial charge in [-0.05, 0) is 22.2 Å². The molecule has 0 aliphatic carbocycles. The molecule has 1 aromatic rings. The number of carbonyl (C=O) groups is 1. The number of carbonyl (C=O) groups excluding carboxylic acids is 1. The number of amides is 1. The van der Waals surface area contributed by atoms with Crippen molar-refractivity contribution in [2.45, 2.75) is 102 Å². The molecule has 3 heterocycles. The molecule has 2 fully saturated rings. The van der Waals surface area contributed by atoms with Gasteiger partial charge >= 0.3 is 22.8 Å². The molecule has 2 N–H and O–H groups in total. The van der Waals surface area contributed by atoms with Gasteiger partial charge in [-0.15, -0.1) is 0 Å². The number of nitrogens with one attached hydrogen (secondary N) is 2. The summed E-state index contributed by atoms with van der Waals surface area (Å²) in [7, 11) is -5.69. The zero-order valence-corrected chi connectivity index (χ0v) is 23.4. The molecule has 12 heteroatoms. The van der Waals surface area contributed by atoms with Crippen LogP contribution in [0.3, 0.4) is 0 Å². The van der Waals surface area contributed by atoms with E-state index in [2.05, 4.69) is 65.7 Å². The first-order chi connectivity index (χ1) is 15.9. The van der Waals surface area contributed by atoms with Crippen molar-refractivity contribution in [2.75, 3.05) is 6.61 Å². The van der Waals surface area contributed by atoms with Gasteiger partial charge in [0.25, 0.3) is 5.56 Å². The van der Waals surface area contributed by atoms with Crippen LogP contribution in [0.15, 0.2) is 21.9 Å². The van der Waals surface area contributed by atoms with E-state index in [-0.39, 0.29) is 28.8 Å². The number of rotatable bonds is 7. The highest BCUT2D eigenvalue weighted by Crippen LogP contribution is 2.48. The van der Waals surface area contributed by atoms with Crippen LogP contribution in [0.5, 0.6) is 0 Å². The maximum atomic E-state index is 12.6. The van der Waals surface area contributed by atoms with Gasteiger partial charge < -0.3 is 23.0 Å². The van der Waals surface area contributed by atoms with Gasteiger partial charge in [0.05, 0.1) is 6.61 Å². The van der Waals surface area contributed by atoms with E-state index >= 15 is 0 Å². The third kappa shape index (κ3) is 4.63. The molecule has 1 amide bonds. The minimum atomic E-state index is -2.94. The standard InChI is InChI=1S/C22H39N3O7Si2/c1-13(2)33(14(3)4)29-11-17-20(31-34(32-33,15(5)6)16(7)8)19(23-12-26)21(30-17)25-10-9-18(27)24-22(25)28/h9-10,12-17,19-21H,11H2,1-8H3,(H,23,26)(H,24,27,28)/t17-,19+,20-,21-/m1/s1. The van der Waals surface area contributed by atoms with Gasteiger partial charge in [0.15, 0.2) is 6.23 Å². The van der Waals surface area contributed by atoms with Crippen LogP contribution in [-0.4, -0.2) is 57.9 Å². The number of ether oxygens (including phenoxy) is 1. The van der Waals surface area contributed by atoms with Crippen LogP contribution in [-0.2, 0) is 22.5 Å². The molecule has 2 saturated heterocycles. The van der Waals surface area contributed by atoms with Crippen molar-refractivity contribution in [3.05, 3.63) is 33.1 Å². The topological polar surface area (TPSA) is 121 Å². The molecule has 34 heavy (non-hydrogen) atoms. The predicted molar refractivity (Wildman–Crippen MR) is 132 cm³/mol.